The molecule has 0 saturated heterocycles. The van der Waals surface area contributed by atoms with Crippen molar-refractivity contribution in [3.63, 3.8) is 0 Å². The zero-order valence-electron chi connectivity index (χ0n) is 10.5. The number of aryl methyl sites for hydroxylation is 2. The Labute approximate surface area is 120 Å². The highest BCUT2D eigenvalue weighted by Gasteiger charge is 2.11. The predicted octanol–water partition coefficient (Wildman–Crippen LogP) is 4.32. The number of rotatable bonds is 1. The molecule has 1 aromatic carbocycles. The quantitative estimate of drug-likeness (QED) is 0.668. The van der Waals surface area contributed by atoms with Gasteiger partial charge in [0.05, 0.1) is 22.1 Å². The zero-order chi connectivity index (χ0) is 13.6. The highest BCUT2D eigenvalue weighted by Crippen LogP contribution is 2.25. The molecule has 5 heteroatoms. The number of aromatic nitrogens is 3. The lowest BCUT2D eigenvalue weighted by Gasteiger charge is -2.03. The van der Waals surface area contributed by atoms with E-state index in [0.29, 0.717) is 10.0 Å². The molecule has 3 rings (SSSR count). The van der Waals surface area contributed by atoms with Crippen LogP contribution in [0.2, 0.25) is 10.0 Å². The highest BCUT2D eigenvalue weighted by molar-refractivity contribution is 6.31. The molecule has 96 valence electrons. The molecule has 3 nitrogen and oxygen atoms in total. The molecule has 19 heavy (non-hydrogen) atoms. The Morgan fingerprint density at radius 1 is 1.05 bits per heavy atom. The second kappa shape index (κ2) is 4.51. The minimum absolute atomic E-state index is 0.651. The van der Waals surface area contributed by atoms with Crippen LogP contribution in [0.25, 0.3) is 16.9 Å². The van der Waals surface area contributed by atoms with E-state index >= 15 is 0 Å². The van der Waals surface area contributed by atoms with Crippen LogP contribution in [0, 0.1) is 13.8 Å². The van der Waals surface area contributed by atoms with Crippen molar-refractivity contribution in [3.05, 3.63) is 51.8 Å². The topological polar surface area (TPSA) is 30.2 Å². The van der Waals surface area contributed by atoms with Crippen LogP contribution in [0.1, 0.15) is 11.4 Å². The second-order valence-corrected chi connectivity index (χ2v) is 5.22. The van der Waals surface area contributed by atoms with E-state index in [0.717, 1.165) is 28.3 Å². The second-order valence-electron chi connectivity index (χ2n) is 4.40. The van der Waals surface area contributed by atoms with Crippen LogP contribution in [-0.2, 0) is 0 Å². The van der Waals surface area contributed by atoms with Crippen LogP contribution >= 0.6 is 23.2 Å². The maximum Gasteiger partial charge on any atom is 0.156 e. The summed E-state index contributed by atoms with van der Waals surface area (Å²) in [6.45, 7) is 3.83. The molecule has 0 aliphatic heterocycles. The van der Waals surface area contributed by atoms with Gasteiger partial charge < -0.3 is 0 Å². The van der Waals surface area contributed by atoms with Crippen molar-refractivity contribution in [2.24, 2.45) is 0 Å². The molecule has 0 atom stereocenters. The van der Waals surface area contributed by atoms with E-state index in [2.05, 4.69) is 10.1 Å². The van der Waals surface area contributed by atoms with Gasteiger partial charge in [0, 0.05) is 16.7 Å². The van der Waals surface area contributed by atoms with Crippen molar-refractivity contribution in [2.45, 2.75) is 13.8 Å². The Morgan fingerprint density at radius 2 is 1.74 bits per heavy atom. The van der Waals surface area contributed by atoms with Gasteiger partial charge in [-0.05, 0) is 26.0 Å². The molecule has 0 N–H and O–H groups in total. The van der Waals surface area contributed by atoms with E-state index in [1.807, 2.05) is 44.2 Å². The summed E-state index contributed by atoms with van der Waals surface area (Å²) in [6, 6.07) is 9.51. The van der Waals surface area contributed by atoms with E-state index in [1.165, 1.54) is 0 Å². The summed E-state index contributed by atoms with van der Waals surface area (Å²) in [6.07, 6.45) is 0. The molecule has 0 aliphatic carbocycles. The Bertz CT molecular complexity index is 760. The van der Waals surface area contributed by atoms with Crippen molar-refractivity contribution < 1.29 is 0 Å². The summed E-state index contributed by atoms with van der Waals surface area (Å²) in [5.74, 6) is 0. The van der Waals surface area contributed by atoms with E-state index in [4.69, 9.17) is 23.2 Å². The minimum Gasteiger partial charge on any atom is -0.232 e. The van der Waals surface area contributed by atoms with Gasteiger partial charge >= 0.3 is 0 Å². The monoisotopic (exact) mass is 291 g/mol. The van der Waals surface area contributed by atoms with E-state index in [1.54, 1.807) is 4.52 Å². The average Bonchev–Trinajstić information content (AvgIpc) is 2.81. The number of benzene rings is 1. The van der Waals surface area contributed by atoms with Crippen LogP contribution in [0.5, 0.6) is 0 Å². The molecule has 0 bridgehead atoms. The number of hydrogen-bond acceptors (Lipinski definition) is 2. The maximum absolute atomic E-state index is 6.19. The Hall–Kier alpha value is -1.58. The maximum atomic E-state index is 6.19. The van der Waals surface area contributed by atoms with Crippen LogP contribution < -0.4 is 0 Å². The molecule has 2 heterocycles. The normalized spacial score (nSPS) is 11.2. The zero-order valence-corrected chi connectivity index (χ0v) is 12.0. The highest BCUT2D eigenvalue weighted by atomic mass is 35.5. The predicted molar refractivity (Wildman–Crippen MR) is 77.9 cm³/mol. The van der Waals surface area contributed by atoms with Crippen molar-refractivity contribution >= 4 is 28.8 Å². The van der Waals surface area contributed by atoms with Crippen LogP contribution in [0.4, 0.5) is 0 Å². The average molecular weight is 292 g/mol. The lowest BCUT2D eigenvalue weighted by atomic mass is 10.2. The molecule has 0 aliphatic rings. The SMILES string of the molecule is Cc1nc2cc(-c3ccc(Cl)cc3)nn2c(C)c1Cl. The van der Waals surface area contributed by atoms with Gasteiger partial charge in [-0.1, -0.05) is 35.3 Å². The summed E-state index contributed by atoms with van der Waals surface area (Å²) >= 11 is 12.1. The molecule has 2 aromatic heterocycles. The first-order chi connectivity index (χ1) is 9.06. The van der Waals surface area contributed by atoms with Crippen LogP contribution in [0.15, 0.2) is 30.3 Å². The first kappa shape index (κ1) is 12.5. The third-order valence-electron chi connectivity index (χ3n) is 3.07. The molecule has 3 aromatic rings. The van der Waals surface area contributed by atoms with E-state index in [9.17, 15) is 0 Å². The molecule has 0 amide bonds. The molecule has 0 spiro atoms. The van der Waals surface area contributed by atoms with Crippen LogP contribution in [-0.4, -0.2) is 14.6 Å². The largest absolute Gasteiger partial charge is 0.232 e. The Morgan fingerprint density at radius 3 is 2.42 bits per heavy atom. The van der Waals surface area contributed by atoms with Gasteiger partial charge in [-0.25, -0.2) is 9.50 Å². The first-order valence-corrected chi connectivity index (χ1v) is 6.60. The lowest BCUT2D eigenvalue weighted by molar-refractivity contribution is 0.889. The summed E-state index contributed by atoms with van der Waals surface area (Å²) in [5, 5.41) is 5.90. The fraction of sp³-hybridized carbons (Fsp3) is 0.143. The standard InChI is InChI=1S/C14H11Cl2N3/c1-8-14(16)9(2)19-13(17-8)7-12(18-19)10-3-5-11(15)6-4-10/h3-7H,1-2H3. The summed E-state index contributed by atoms with van der Waals surface area (Å²) in [7, 11) is 0. The van der Waals surface area contributed by atoms with Gasteiger partial charge in [-0.3, -0.25) is 0 Å². The van der Waals surface area contributed by atoms with Gasteiger partial charge in [-0.2, -0.15) is 5.10 Å². The number of nitrogens with zero attached hydrogens (tertiary/aromatic N) is 3. The Kier molecular flexibility index (Phi) is 2.96. The van der Waals surface area contributed by atoms with Gasteiger partial charge in [0.15, 0.2) is 5.65 Å². The first-order valence-electron chi connectivity index (χ1n) is 5.84. The summed E-state index contributed by atoms with van der Waals surface area (Å²) in [5.41, 5.74) is 4.36. The van der Waals surface area contributed by atoms with Gasteiger partial charge in [0.2, 0.25) is 0 Å². The number of hydrogen-bond donors (Lipinski definition) is 0. The van der Waals surface area contributed by atoms with Crippen molar-refractivity contribution in [1.29, 1.82) is 0 Å². The summed E-state index contributed by atoms with van der Waals surface area (Å²) < 4.78 is 1.76. The molecule has 0 radical (unpaired) electrons. The van der Waals surface area contributed by atoms with Crippen molar-refractivity contribution in [1.82, 2.24) is 14.6 Å². The smallest absolute Gasteiger partial charge is 0.156 e. The molecule has 0 fully saturated rings. The van der Waals surface area contributed by atoms with E-state index < -0.39 is 0 Å². The molecule has 0 unspecified atom stereocenters. The van der Waals surface area contributed by atoms with Crippen molar-refractivity contribution in [2.75, 3.05) is 0 Å². The van der Waals surface area contributed by atoms with Crippen LogP contribution in [0.3, 0.4) is 0 Å². The Balaban J connectivity index is 2.22. The van der Waals surface area contributed by atoms with Crippen molar-refractivity contribution in [3.8, 4) is 11.3 Å². The number of fused-ring (bicyclic) bond motifs is 1. The minimum atomic E-state index is 0.651. The van der Waals surface area contributed by atoms with Gasteiger partial charge in [0.1, 0.15) is 0 Å². The van der Waals surface area contributed by atoms with Gasteiger partial charge in [0.25, 0.3) is 0 Å². The third-order valence-corrected chi connectivity index (χ3v) is 3.86. The fourth-order valence-corrected chi connectivity index (χ4v) is 2.28. The molecular formula is C14H11Cl2N3. The molecule has 0 saturated carbocycles. The third kappa shape index (κ3) is 2.09. The fourth-order valence-electron chi connectivity index (χ4n) is 2.04. The molecular weight excluding hydrogens is 281 g/mol. The van der Waals surface area contributed by atoms with E-state index in [-0.39, 0.29) is 0 Å². The summed E-state index contributed by atoms with van der Waals surface area (Å²) in [4.78, 5) is 4.44. The number of halogens is 2. The lowest BCUT2D eigenvalue weighted by Crippen LogP contribution is -1.99. The van der Waals surface area contributed by atoms with Gasteiger partial charge in [-0.15, -0.1) is 0 Å².